The Morgan fingerprint density at radius 1 is 0.975 bits per heavy atom. The molecule has 2 fully saturated rings. The van der Waals surface area contributed by atoms with Gasteiger partial charge in [0.25, 0.3) is 5.91 Å². The lowest BCUT2D eigenvalue weighted by atomic mass is 9.73. The van der Waals surface area contributed by atoms with Crippen LogP contribution in [0.4, 0.5) is 11.4 Å². The van der Waals surface area contributed by atoms with Crippen LogP contribution in [0.25, 0.3) is 0 Å². The monoisotopic (exact) mass is 551 g/mol. The number of aliphatic hydroxyl groups excluding tert-OH is 1. The molecular formula is C31H41N3O6. The molecule has 2 amide bonds. The van der Waals surface area contributed by atoms with Crippen molar-refractivity contribution in [3.8, 4) is 0 Å². The van der Waals surface area contributed by atoms with Crippen LogP contribution in [0.1, 0.15) is 46.5 Å². The Morgan fingerprint density at radius 2 is 1.73 bits per heavy atom. The Hall–Kier alpha value is -3.17. The first-order valence-electron chi connectivity index (χ1n) is 14.7. The Balaban J connectivity index is 1.59. The summed E-state index contributed by atoms with van der Waals surface area (Å²) < 4.78 is 12.6. The normalized spacial score (nSPS) is 32.7. The highest BCUT2D eigenvalue weighted by atomic mass is 16.6. The van der Waals surface area contributed by atoms with Gasteiger partial charge in [-0.05, 0) is 63.8 Å². The molecule has 0 bridgehead atoms. The van der Waals surface area contributed by atoms with Crippen molar-refractivity contribution in [2.45, 2.75) is 63.7 Å². The van der Waals surface area contributed by atoms with E-state index in [4.69, 9.17) is 9.47 Å². The van der Waals surface area contributed by atoms with E-state index in [-0.39, 0.29) is 31.6 Å². The molecule has 0 aromatic heterocycles. The molecule has 40 heavy (non-hydrogen) atoms. The third-order valence-electron chi connectivity index (χ3n) is 9.01. The van der Waals surface area contributed by atoms with Crippen LogP contribution in [0, 0.1) is 11.8 Å². The molecule has 5 rings (SSSR count). The van der Waals surface area contributed by atoms with E-state index in [1.165, 1.54) is 4.90 Å². The molecule has 1 spiro atoms. The molecule has 0 saturated carbocycles. The molecule has 9 nitrogen and oxygen atoms in total. The summed E-state index contributed by atoms with van der Waals surface area (Å²) in [5.41, 5.74) is -0.664. The van der Waals surface area contributed by atoms with Crippen molar-refractivity contribution >= 4 is 29.2 Å². The number of aliphatic hydroxyl groups is 1. The third kappa shape index (κ3) is 4.43. The van der Waals surface area contributed by atoms with Crippen LogP contribution in [-0.4, -0.2) is 84.4 Å². The predicted octanol–water partition coefficient (Wildman–Crippen LogP) is 3.07. The second kappa shape index (κ2) is 11.4. The number of likely N-dealkylation sites (tertiary alicyclic amines) is 1. The zero-order valence-electron chi connectivity index (χ0n) is 23.8. The standard InChI is InChI=1S/C31H41N3O6/c1-4-30-16-9-7-8-10-21-39-29(38)25(30)24-27(36)34(19-20-35)26-28(37)33(18-11-17-31(24,26)40-30)23-14-12-22(13-15-23)32(5-2)6-3/h9,11-17,24-26,35H,4-8,10,18-21H2,1-3H3/b16-9-/t24-,25-,26?,30+,31-/m0/s1. The molecule has 4 aliphatic heterocycles. The van der Waals surface area contributed by atoms with Gasteiger partial charge < -0.3 is 29.3 Å². The Kier molecular flexibility index (Phi) is 8.06. The number of anilines is 2. The molecular weight excluding hydrogens is 510 g/mol. The topological polar surface area (TPSA) is 99.6 Å². The summed E-state index contributed by atoms with van der Waals surface area (Å²) in [6.45, 7) is 8.12. The Morgan fingerprint density at radius 3 is 2.40 bits per heavy atom. The van der Waals surface area contributed by atoms with E-state index >= 15 is 0 Å². The minimum absolute atomic E-state index is 0.0316. The van der Waals surface area contributed by atoms with Gasteiger partial charge in [0.05, 0.1) is 19.1 Å². The molecule has 1 aromatic carbocycles. The summed E-state index contributed by atoms with van der Waals surface area (Å²) in [6.07, 6.45) is 10.5. The van der Waals surface area contributed by atoms with Crippen LogP contribution < -0.4 is 9.80 Å². The van der Waals surface area contributed by atoms with Crippen LogP contribution in [0.3, 0.4) is 0 Å². The summed E-state index contributed by atoms with van der Waals surface area (Å²) in [4.78, 5) is 47.5. The Bertz CT molecular complexity index is 1180. The highest BCUT2D eigenvalue weighted by molar-refractivity contribution is 6.05. The molecule has 216 valence electrons. The smallest absolute Gasteiger partial charge is 0.313 e. The quantitative estimate of drug-likeness (QED) is 0.411. The number of rotatable bonds is 7. The molecule has 9 heteroatoms. The zero-order chi connectivity index (χ0) is 28.5. The number of fused-ring (bicyclic) bond motifs is 2. The zero-order valence-corrected chi connectivity index (χ0v) is 23.8. The van der Waals surface area contributed by atoms with Crippen molar-refractivity contribution in [1.82, 2.24) is 4.90 Å². The van der Waals surface area contributed by atoms with Gasteiger partial charge >= 0.3 is 5.97 Å². The third-order valence-corrected chi connectivity index (χ3v) is 9.01. The molecule has 2 saturated heterocycles. The second-order valence-corrected chi connectivity index (χ2v) is 11.0. The van der Waals surface area contributed by atoms with Crippen LogP contribution >= 0.6 is 0 Å². The van der Waals surface area contributed by atoms with Gasteiger partial charge in [0.1, 0.15) is 23.2 Å². The van der Waals surface area contributed by atoms with E-state index in [0.717, 1.165) is 38.0 Å². The van der Waals surface area contributed by atoms with Crippen molar-refractivity contribution < 1.29 is 29.0 Å². The molecule has 5 atom stereocenters. The summed E-state index contributed by atoms with van der Waals surface area (Å²) in [6, 6.07) is 6.82. The van der Waals surface area contributed by atoms with Crippen molar-refractivity contribution in [1.29, 1.82) is 0 Å². The molecule has 0 radical (unpaired) electrons. The first-order chi connectivity index (χ1) is 19.4. The highest BCUT2D eigenvalue weighted by Crippen LogP contribution is 2.58. The molecule has 1 unspecified atom stereocenters. The average Bonchev–Trinajstić information content (AvgIpc) is 3.31. The number of carbonyl (C=O) groups is 3. The summed E-state index contributed by atoms with van der Waals surface area (Å²) >= 11 is 0. The average molecular weight is 552 g/mol. The summed E-state index contributed by atoms with van der Waals surface area (Å²) in [5, 5.41) is 9.91. The van der Waals surface area contributed by atoms with Crippen LogP contribution in [0.5, 0.6) is 0 Å². The number of amides is 2. The van der Waals surface area contributed by atoms with E-state index in [2.05, 4.69) is 18.7 Å². The SMILES string of the molecule is CCN(CC)c1ccc(N2CC=C[C@]34O[C@]5(CC)/C=C\CCCCOC(=O)[C@@H]5[C@H]3C(=O)N(CCO)C4C2=O)cc1. The lowest BCUT2D eigenvalue weighted by molar-refractivity contribution is -0.160. The van der Waals surface area contributed by atoms with Gasteiger partial charge in [-0.1, -0.05) is 31.2 Å². The molecule has 1 aromatic rings. The van der Waals surface area contributed by atoms with Gasteiger partial charge in [0, 0.05) is 37.6 Å². The number of allylic oxidation sites excluding steroid dienone is 1. The van der Waals surface area contributed by atoms with Gasteiger partial charge in [0.15, 0.2) is 0 Å². The maximum absolute atomic E-state index is 14.4. The molecule has 4 aliphatic rings. The lowest BCUT2D eigenvalue weighted by Crippen LogP contribution is -2.56. The van der Waals surface area contributed by atoms with E-state index in [9.17, 15) is 19.5 Å². The molecule has 1 N–H and O–H groups in total. The molecule has 0 aliphatic carbocycles. The first kappa shape index (κ1) is 28.4. The van der Waals surface area contributed by atoms with Crippen molar-refractivity contribution in [3.63, 3.8) is 0 Å². The fourth-order valence-electron chi connectivity index (χ4n) is 7.05. The number of hydrogen-bond acceptors (Lipinski definition) is 7. The van der Waals surface area contributed by atoms with Gasteiger partial charge in [-0.2, -0.15) is 0 Å². The van der Waals surface area contributed by atoms with Gasteiger partial charge in [-0.25, -0.2) is 0 Å². The van der Waals surface area contributed by atoms with Crippen molar-refractivity contribution in [2.75, 3.05) is 49.2 Å². The number of cyclic esters (lactones) is 1. The number of carbonyl (C=O) groups excluding carboxylic acids is 3. The summed E-state index contributed by atoms with van der Waals surface area (Å²) in [7, 11) is 0. The lowest BCUT2D eigenvalue weighted by Gasteiger charge is -2.38. The number of ether oxygens (including phenoxy) is 2. The maximum Gasteiger partial charge on any atom is 0.313 e. The van der Waals surface area contributed by atoms with Gasteiger partial charge in [-0.3, -0.25) is 14.4 Å². The largest absolute Gasteiger partial charge is 0.465 e. The fourth-order valence-corrected chi connectivity index (χ4v) is 7.05. The van der Waals surface area contributed by atoms with E-state index in [0.29, 0.717) is 18.7 Å². The van der Waals surface area contributed by atoms with Crippen LogP contribution in [0.15, 0.2) is 48.6 Å². The number of β-amino-alcohol motifs (C(OH)–C–C–N with tert-alkyl or cyclic N) is 1. The van der Waals surface area contributed by atoms with Crippen LogP contribution in [-0.2, 0) is 23.9 Å². The first-order valence-corrected chi connectivity index (χ1v) is 14.7. The van der Waals surface area contributed by atoms with E-state index in [1.54, 1.807) is 4.90 Å². The predicted molar refractivity (Wildman–Crippen MR) is 152 cm³/mol. The maximum atomic E-state index is 14.4. The number of benzene rings is 1. The minimum Gasteiger partial charge on any atom is -0.465 e. The van der Waals surface area contributed by atoms with E-state index in [1.807, 2.05) is 55.5 Å². The van der Waals surface area contributed by atoms with E-state index < -0.39 is 35.0 Å². The van der Waals surface area contributed by atoms with Gasteiger partial charge in [0.2, 0.25) is 5.91 Å². The van der Waals surface area contributed by atoms with Gasteiger partial charge in [-0.15, -0.1) is 0 Å². The van der Waals surface area contributed by atoms with Crippen molar-refractivity contribution in [3.05, 3.63) is 48.6 Å². The second-order valence-electron chi connectivity index (χ2n) is 11.0. The molecule has 4 heterocycles. The highest BCUT2D eigenvalue weighted by Gasteiger charge is 2.75. The number of nitrogens with zero attached hydrogens (tertiary/aromatic N) is 3. The summed E-state index contributed by atoms with van der Waals surface area (Å²) in [5.74, 6) is -2.97. The number of esters is 1. The minimum atomic E-state index is -1.36. The fraction of sp³-hybridized carbons (Fsp3) is 0.581. The Labute approximate surface area is 236 Å². The van der Waals surface area contributed by atoms with Crippen LogP contribution in [0.2, 0.25) is 0 Å². The van der Waals surface area contributed by atoms with Crippen molar-refractivity contribution in [2.24, 2.45) is 11.8 Å². The number of hydrogen-bond donors (Lipinski definition) is 1.